The third-order valence-corrected chi connectivity index (χ3v) is 3.75. The van der Waals surface area contributed by atoms with E-state index in [0.717, 1.165) is 0 Å². The number of aromatic amines is 1. The lowest BCUT2D eigenvalue weighted by Crippen LogP contribution is -2.12. The van der Waals surface area contributed by atoms with E-state index in [0.29, 0.717) is 21.8 Å². The highest BCUT2D eigenvalue weighted by Gasteiger charge is 2.07. The SMILES string of the molecule is CC(C)n1cc(OCc2nc3ccsc3c(=O)[nH]2)cn1. The molecule has 104 valence electrons. The van der Waals surface area contributed by atoms with E-state index in [4.69, 9.17) is 4.74 Å². The van der Waals surface area contributed by atoms with Crippen LogP contribution in [0.1, 0.15) is 25.7 Å². The van der Waals surface area contributed by atoms with Crippen LogP contribution in [0.3, 0.4) is 0 Å². The summed E-state index contributed by atoms with van der Waals surface area (Å²) < 4.78 is 8.04. The molecular formula is C13H14N4O2S. The minimum absolute atomic E-state index is 0.124. The lowest BCUT2D eigenvalue weighted by molar-refractivity contribution is 0.295. The molecule has 0 bridgehead atoms. The fourth-order valence-corrected chi connectivity index (χ4v) is 2.54. The smallest absolute Gasteiger partial charge is 0.268 e. The van der Waals surface area contributed by atoms with E-state index < -0.39 is 0 Å². The van der Waals surface area contributed by atoms with Gasteiger partial charge < -0.3 is 9.72 Å². The molecule has 0 spiro atoms. The molecule has 0 saturated heterocycles. The molecule has 0 unspecified atom stereocenters. The molecule has 0 amide bonds. The van der Waals surface area contributed by atoms with Crippen molar-refractivity contribution in [2.45, 2.75) is 26.5 Å². The van der Waals surface area contributed by atoms with Crippen LogP contribution >= 0.6 is 11.3 Å². The lowest BCUT2D eigenvalue weighted by atomic mass is 10.4. The molecule has 0 aliphatic heterocycles. The molecule has 0 aliphatic carbocycles. The number of ether oxygens (including phenoxy) is 1. The summed E-state index contributed by atoms with van der Waals surface area (Å²) in [7, 11) is 0. The molecule has 6 nitrogen and oxygen atoms in total. The monoisotopic (exact) mass is 290 g/mol. The average molecular weight is 290 g/mol. The number of hydrogen-bond acceptors (Lipinski definition) is 5. The van der Waals surface area contributed by atoms with Crippen LogP contribution in [-0.4, -0.2) is 19.7 Å². The summed E-state index contributed by atoms with van der Waals surface area (Å²) in [5.74, 6) is 1.17. The minimum Gasteiger partial charge on any atom is -0.482 e. The minimum atomic E-state index is -0.124. The lowest BCUT2D eigenvalue weighted by Gasteiger charge is -2.04. The van der Waals surface area contributed by atoms with Crippen LogP contribution in [0.15, 0.2) is 28.6 Å². The predicted molar refractivity (Wildman–Crippen MR) is 77.2 cm³/mol. The molecule has 0 saturated carbocycles. The Balaban J connectivity index is 1.77. The fourth-order valence-electron chi connectivity index (χ4n) is 1.82. The normalized spacial score (nSPS) is 11.3. The maximum absolute atomic E-state index is 11.8. The molecule has 3 aromatic rings. The number of hydrogen-bond donors (Lipinski definition) is 1. The second kappa shape index (κ2) is 5.09. The summed E-state index contributed by atoms with van der Waals surface area (Å²) in [6.07, 6.45) is 3.48. The molecule has 20 heavy (non-hydrogen) atoms. The average Bonchev–Trinajstić information content (AvgIpc) is 3.05. The number of nitrogens with zero attached hydrogens (tertiary/aromatic N) is 3. The Morgan fingerprint density at radius 1 is 1.50 bits per heavy atom. The van der Waals surface area contributed by atoms with Gasteiger partial charge in [0.05, 0.1) is 17.9 Å². The van der Waals surface area contributed by atoms with E-state index in [1.807, 2.05) is 36.2 Å². The molecule has 3 aromatic heterocycles. The summed E-state index contributed by atoms with van der Waals surface area (Å²) in [5, 5.41) is 6.04. The zero-order valence-electron chi connectivity index (χ0n) is 11.2. The van der Waals surface area contributed by atoms with Gasteiger partial charge in [0.25, 0.3) is 5.56 Å². The van der Waals surface area contributed by atoms with Gasteiger partial charge in [0.1, 0.15) is 17.1 Å². The number of fused-ring (bicyclic) bond motifs is 1. The van der Waals surface area contributed by atoms with Crippen LogP contribution in [0, 0.1) is 0 Å². The molecule has 0 fully saturated rings. The van der Waals surface area contributed by atoms with Gasteiger partial charge >= 0.3 is 0 Å². The molecule has 0 atom stereocenters. The largest absolute Gasteiger partial charge is 0.482 e. The Morgan fingerprint density at radius 2 is 2.35 bits per heavy atom. The number of H-pyrrole nitrogens is 1. The van der Waals surface area contributed by atoms with Crippen molar-refractivity contribution in [1.29, 1.82) is 0 Å². The maximum Gasteiger partial charge on any atom is 0.268 e. The second-order valence-corrected chi connectivity index (χ2v) is 5.60. The van der Waals surface area contributed by atoms with Gasteiger partial charge in [0.2, 0.25) is 0 Å². The number of thiophene rings is 1. The van der Waals surface area contributed by atoms with Crippen molar-refractivity contribution in [2.75, 3.05) is 0 Å². The summed E-state index contributed by atoms with van der Waals surface area (Å²) in [6.45, 7) is 4.30. The summed E-state index contributed by atoms with van der Waals surface area (Å²) in [6, 6.07) is 2.11. The molecule has 0 aromatic carbocycles. The van der Waals surface area contributed by atoms with Gasteiger partial charge in [0, 0.05) is 6.04 Å². The Labute approximate surface area is 119 Å². The van der Waals surface area contributed by atoms with Crippen molar-refractivity contribution >= 4 is 21.6 Å². The second-order valence-electron chi connectivity index (χ2n) is 4.69. The van der Waals surface area contributed by atoms with Crippen LogP contribution in [0.5, 0.6) is 5.75 Å². The highest BCUT2D eigenvalue weighted by Crippen LogP contribution is 2.16. The highest BCUT2D eigenvalue weighted by atomic mass is 32.1. The van der Waals surface area contributed by atoms with E-state index in [-0.39, 0.29) is 18.2 Å². The first-order chi connectivity index (χ1) is 9.63. The van der Waals surface area contributed by atoms with Gasteiger partial charge in [-0.2, -0.15) is 5.10 Å². The Bertz CT molecular complexity index is 787. The van der Waals surface area contributed by atoms with Gasteiger partial charge in [-0.05, 0) is 25.3 Å². The van der Waals surface area contributed by atoms with Crippen LogP contribution in [0.25, 0.3) is 10.2 Å². The predicted octanol–water partition coefficient (Wildman–Crippen LogP) is 2.34. The van der Waals surface area contributed by atoms with E-state index in [1.165, 1.54) is 11.3 Å². The first-order valence-electron chi connectivity index (χ1n) is 6.27. The van der Waals surface area contributed by atoms with Crippen molar-refractivity contribution in [3.63, 3.8) is 0 Å². The van der Waals surface area contributed by atoms with E-state index in [1.54, 1.807) is 6.20 Å². The van der Waals surface area contributed by atoms with Crippen LogP contribution in [0.4, 0.5) is 0 Å². The molecular weight excluding hydrogens is 276 g/mol. The van der Waals surface area contributed by atoms with Crippen molar-refractivity contribution in [3.8, 4) is 5.75 Å². The summed E-state index contributed by atoms with van der Waals surface area (Å²) in [4.78, 5) is 18.9. The summed E-state index contributed by atoms with van der Waals surface area (Å²) >= 11 is 1.38. The maximum atomic E-state index is 11.8. The highest BCUT2D eigenvalue weighted by molar-refractivity contribution is 7.17. The quantitative estimate of drug-likeness (QED) is 0.800. The number of rotatable bonds is 4. The van der Waals surface area contributed by atoms with Crippen molar-refractivity contribution < 1.29 is 4.74 Å². The van der Waals surface area contributed by atoms with Crippen LogP contribution < -0.4 is 10.3 Å². The van der Waals surface area contributed by atoms with E-state index >= 15 is 0 Å². The van der Waals surface area contributed by atoms with Gasteiger partial charge in [-0.3, -0.25) is 9.48 Å². The van der Waals surface area contributed by atoms with Crippen molar-refractivity contribution in [2.24, 2.45) is 0 Å². The van der Waals surface area contributed by atoms with E-state index in [2.05, 4.69) is 15.1 Å². The van der Waals surface area contributed by atoms with Gasteiger partial charge in [-0.25, -0.2) is 4.98 Å². The van der Waals surface area contributed by atoms with Gasteiger partial charge in [-0.1, -0.05) is 0 Å². The standard InChI is InChI=1S/C13H14N4O2S/c1-8(2)17-6-9(5-14-17)19-7-11-15-10-3-4-20-12(10)13(18)16-11/h3-6,8H,7H2,1-2H3,(H,15,16,18). The Hall–Kier alpha value is -2.15. The molecule has 0 radical (unpaired) electrons. The van der Waals surface area contributed by atoms with Crippen LogP contribution in [0.2, 0.25) is 0 Å². The number of aromatic nitrogens is 4. The first-order valence-corrected chi connectivity index (χ1v) is 7.15. The van der Waals surface area contributed by atoms with Crippen molar-refractivity contribution in [3.05, 3.63) is 40.0 Å². The summed E-state index contributed by atoms with van der Waals surface area (Å²) in [5.41, 5.74) is 0.580. The molecule has 3 heterocycles. The Morgan fingerprint density at radius 3 is 3.10 bits per heavy atom. The van der Waals surface area contributed by atoms with Crippen molar-refractivity contribution in [1.82, 2.24) is 19.7 Å². The molecule has 7 heteroatoms. The zero-order chi connectivity index (χ0) is 14.1. The van der Waals surface area contributed by atoms with Gasteiger partial charge in [-0.15, -0.1) is 11.3 Å². The fraction of sp³-hybridized carbons (Fsp3) is 0.308. The topological polar surface area (TPSA) is 72.8 Å². The molecule has 0 aliphatic rings. The van der Waals surface area contributed by atoms with E-state index in [9.17, 15) is 4.79 Å². The number of nitrogens with one attached hydrogen (secondary N) is 1. The zero-order valence-corrected chi connectivity index (χ0v) is 12.0. The third kappa shape index (κ3) is 2.44. The molecule has 3 rings (SSSR count). The molecule has 1 N–H and O–H groups in total. The van der Waals surface area contributed by atoms with Gasteiger partial charge in [0.15, 0.2) is 5.75 Å². The first kappa shape index (κ1) is 12.9. The Kier molecular flexibility index (Phi) is 3.27. The van der Waals surface area contributed by atoms with Crippen LogP contribution in [-0.2, 0) is 6.61 Å². The third-order valence-electron chi connectivity index (χ3n) is 2.85.